The molecule has 1 unspecified atom stereocenters. The van der Waals surface area contributed by atoms with Crippen molar-refractivity contribution in [3.63, 3.8) is 0 Å². The molecule has 2 aromatic carbocycles. The maximum atomic E-state index is 12.8. The number of esters is 1. The van der Waals surface area contributed by atoms with E-state index in [9.17, 15) is 9.59 Å². The van der Waals surface area contributed by atoms with E-state index < -0.39 is 12.0 Å². The van der Waals surface area contributed by atoms with E-state index in [1.165, 1.54) is 12.0 Å². The molecule has 1 amide bonds. The van der Waals surface area contributed by atoms with Crippen molar-refractivity contribution >= 4 is 40.8 Å². The number of ether oxygens (including phenoxy) is 1. The van der Waals surface area contributed by atoms with Crippen molar-refractivity contribution < 1.29 is 14.3 Å². The summed E-state index contributed by atoms with van der Waals surface area (Å²) in [5, 5.41) is 0.667. The molecule has 0 aliphatic rings. The lowest BCUT2D eigenvalue weighted by Gasteiger charge is -2.28. The highest BCUT2D eigenvalue weighted by atomic mass is 35.5. The number of halogens is 2. The van der Waals surface area contributed by atoms with Crippen molar-refractivity contribution in [2.24, 2.45) is 0 Å². The molecule has 23 heavy (non-hydrogen) atoms. The van der Waals surface area contributed by atoms with Crippen LogP contribution in [0.2, 0.25) is 10.0 Å². The first-order valence-corrected chi connectivity index (χ1v) is 7.62. The minimum absolute atomic E-state index is 0.298. The zero-order chi connectivity index (χ0) is 17.0. The first-order chi connectivity index (χ1) is 11.0. The van der Waals surface area contributed by atoms with E-state index >= 15 is 0 Å². The molecule has 0 bridgehead atoms. The molecule has 0 aliphatic heterocycles. The molecule has 0 saturated heterocycles. The summed E-state index contributed by atoms with van der Waals surface area (Å²) in [6, 6.07) is 12.6. The van der Waals surface area contributed by atoms with Crippen LogP contribution in [0.3, 0.4) is 0 Å². The Labute approximate surface area is 144 Å². The van der Waals surface area contributed by atoms with Gasteiger partial charge in [-0.2, -0.15) is 0 Å². The Balaban J connectivity index is 2.49. The topological polar surface area (TPSA) is 46.6 Å². The molecule has 120 valence electrons. The van der Waals surface area contributed by atoms with Crippen LogP contribution in [0.5, 0.6) is 0 Å². The van der Waals surface area contributed by atoms with Gasteiger partial charge in [0.05, 0.1) is 17.2 Å². The monoisotopic (exact) mass is 351 g/mol. The fourth-order valence-electron chi connectivity index (χ4n) is 2.15. The summed E-state index contributed by atoms with van der Waals surface area (Å²) in [6.07, 6.45) is 0. The molecular formula is C17H15Cl2NO3. The number of anilines is 1. The van der Waals surface area contributed by atoms with Crippen LogP contribution in [0.25, 0.3) is 0 Å². The van der Waals surface area contributed by atoms with E-state index in [1.54, 1.807) is 49.4 Å². The highest BCUT2D eigenvalue weighted by molar-refractivity contribution is 6.42. The number of amides is 1. The zero-order valence-corrected chi connectivity index (χ0v) is 14.1. The maximum Gasteiger partial charge on any atom is 0.328 e. The van der Waals surface area contributed by atoms with Crippen molar-refractivity contribution in [3.8, 4) is 0 Å². The van der Waals surface area contributed by atoms with Gasteiger partial charge in [-0.1, -0.05) is 41.4 Å². The van der Waals surface area contributed by atoms with Crippen LogP contribution in [0.15, 0.2) is 48.5 Å². The number of benzene rings is 2. The predicted molar refractivity (Wildman–Crippen MR) is 91.2 cm³/mol. The van der Waals surface area contributed by atoms with Crippen LogP contribution in [-0.2, 0) is 9.53 Å². The second-order valence-electron chi connectivity index (χ2n) is 4.84. The molecule has 1 atom stereocenters. The summed E-state index contributed by atoms with van der Waals surface area (Å²) in [5.74, 6) is -0.859. The van der Waals surface area contributed by atoms with Crippen LogP contribution < -0.4 is 4.90 Å². The molecule has 2 rings (SSSR count). The normalized spacial score (nSPS) is 11.7. The summed E-state index contributed by atoms with van der Waals surface area (Å²) >= 11 is 12.0. The summed E-state index contributed by atoms with van der Waals surface area (Å²) in [4.78, 5) is 26.1. The molecule has 0 fully saturated rings. The Morgan fingerprint density at radius 2 is 1.70 bits per heavy atom. The molecular weight excluding hydrogens is 337 g/mol. The second-order valence-corrected chi connectivity index (χ2v) is 5.65. The van der Waals surface area contributed by atoms with E-state index in [0.29, 0.717) is 21.3 Å². The van der Waals surface area contributed by atoms with Gasteiger partial charge in [0.1, 0.15) is 6.04 Å². The zero-order valence-electron chi connectivity index (χ0n) is 12.6. The number of carbonyl (C=O) groups is 2. The molecule has 0 aromatic heterocycles. The standard InChI is InChI=1S/C17H15Cl2NO3/c1-11(17(22)23-2)20(13-8-9-14(18)15(19)10-13)16(21)12-6-4-3-5-7-12/h3-11H,1-2H3. The second kappa shape index (κ2) is 7.49. The summed E-state index contributed by atoms with van der Waals surface area (Å²) in [6.45, 7) is 1.59. The quantitative estimate of drug-likeness (QED) is 0.775. The van der Waals surface area contributed by atoms with Crippen LogP contribution in [-0.4, -0.2) is 25.0 Å². The van der Waals surface area contributed by atoms with Crippen molar-refractivity contribution in [2.45, 2.75) is 13.0 Å². The van der Waals surface area contributed by atoms with Gasteiger partial charge in [0.2, 0.25) is 0 Å². The van der Waals surface area contributed by atoms with Gasteiger partial charge in [0.25, 0.3) is 5.91 Å². The molecule has 0 spiro atoms. The third-order valence-electron chi connectivity index (χ3n) is 3.35. The van der Waals surface area contributed by atoms with E-state index in [1.807, 2.05) is 6.07 Å². The van der Waals surface area contributed by atoms with Crippen LogP contribution in [0.4, 0.5) is 5.69 Å². The van der Waals surface area contributed by atoms with Crippen LogP contribution in [0.1, 0.15) is 17.3 Å². The van der Waals surface area contributed by atoms with Gasteiger partial charge < -0.3 is 4.74 Å². The molecule has 0 radical (unpaired) electrons. The van der Waals surface area contributed by atoms with Gasteiger partial charge in [-0.3, -0.25) is 9.69 Å². The molecule has 0 heterocycles. The highest BCUT2D eigenvalue weighted by Crippen LogP contribution is 2.29. The van der Waals surface area contributed by atoms with Gasteiger partial charge in [0.15, 0.2) is 0 Å². The molecule has 0 aliphatic carbocycles. The number of carbonyl (C=O) groups excluding carboxylic acids is 2. The van der Waals surface area contributed by atoms with Crippen LogP contribution >= 0.6 is 23.2 Å². The predicted octanol–water partition coefficient (Wildman–Crippen LogP) is 4.20. The molecule has 0 saturated carbocycles. The van der Waals surface area contributed by atoms with Crippen LogP contribution in [0, 0.1) is 0 Å². The van der Waals surface area contributed by atoms with Crippen molar-refractivity contribution in [1.82, 2.24) is 0 Å². The largest absolute Gasteiger partial charge is 0.467 e. The van der Waals surface area contributed by atoms with Crippen molar-refractivity contribution in [2.75, 3.05) is 12.0 Å². The Kier molecular flexibility index (Phi) is 5.64. The summed E-state index contributed by atoms with van der Waals surface area (Å²) in [7, 11) is 1.28. The van der Waals surface area contributed by atoms with Crippen molar-refractivity contribution in [3.05, 3.63) is 64.1 Å². The number of methoxy groups -OCH3 is 1. The van der Waals surface area contributed by atoms with E-state index in [-0.39, 0.29) is 5.91 Å². The van der Waals surface area contributed by atoms with E-state index in [0.717, 1.165) is 0 Å². The SMILES string of the molecule is COC(=O)C(C)N(C(=O)c1ccccc1)c1ccc(Cl)c(Cl)c1. The Morgan fingerprint density at radius 3 is 2.26 bits per heavy atom. The first kappa shape index (κ1) is 17.3. The van der Waals surface area contributed by atoms with E-state index in [2.05, 4.69) is 0 Å². The lowest BCUT2D eigenvalue weighted by molar-refractivity contribution is -0.141. The summed E-state index contributed by atoms with van der Waals surface area (Å²) < 4.78 is 4.76. The fourth-order valence-corrected chi connectivity index (χ4v) is 2.44. The third-order valence-corrected chi connectivity index (χ3v) is 4.09. The smallest absolute Gasteiger partial charge is 0.328 e. The number of nitrogens with zero attached hydrogens (tertiary/aromatic N) is 1. The highest BCUT2D eigenvalue weighted by Gasteiger charge is 2.29. The average molecular weight is 352 g/mol. The molecule has 6 heteroatoms. The lowest BCUT2D eigenvalue weighted by atomic mass is 10.1. The molecule has 0 N–H and O–H groups in total. The Hall–Kier alpha value is -2.04. The minimum Gasteiger partial charge on any atom is -0.467 e. The fraction of sp³-hybridized carbons (Fsp3) is 0.176. The lowest BCUT2D eigenvalue weighted by Crippen LogP contribution is -2.44. The average Bonchev–Trinajstić information content (AvgIpc) is 2.58. The van der Waals surface area contributed by atoms with Gasteiger partial charge in [-0.25, -0.2) is 4.79 Å². The van der Waals surface area contributed by atoms with Gasteiger partial charge in [0, 0.05) is 11.3 Å². The van der Waals surface area contributed by atoms with Gasteiger partial charge >= 0.3 is 5.97 Å². The summed E-state index contributed by atoms with van der Waals surface area (Å²) in [5.41, 5.74) is 0.917. The number of hydrogen-bond acceptors (Lipinski definition) is 3. The van der Waals surface area contributed by atoms with Gasteiger partial charge in [-0.05, 0) is 37.3 Å². The number of rotatable bonds is 4. The molecule has 4 nitrogen and oxygen atoms in total. The van der Waals surface area contributed by atoms with Crippen molar-refractivity contribution in [1.29, 1.82) is 0 Å². The third kappa shape index (κ3) is 3.84. The molecule has 2 aromatic rings. The van der Waals surface area contributed by atoms with Gasteiger partial charge in [-0.15, -0.1) is 0 Å². The number of hydrogen-bond donors (Lipinski definition) is 0. The Morgan fingerprint density at radius 1 is 1.04 bits per heavy atom. The first-order valence-electron chi connectivity index (χ1n) is 6.87. The van der Waals surface area contributed by atoms with E-state index in [4.69, 9.17) is 27.9 Å². The Bertz CT molecular complexity index is 719. The minimum atomic E-state index is -0.815. The maximum absolute atomic E-state index is 12.8.